The zero-order valence-corrected chi connectivity index (χ0v) is 13.2. The smallest absolute Gasteiger partial charge is 0.175 e. The second kappa shape index (κ2) is 8.38. The molecule has 0 aliphatic rings. The third-order valence-electron chi connectivity index (χ3n) is 2.41. The minimum atomic E-state index is -0.519. The molecule has 108 valence electrons. The minimum Gasteiger partial charge on any atom is -0.490 e. The maximum Gasteiger partial charge on any atom is 0.175 e. The second-order valence-electron chi connectivity index (χ2n) is 4.41. The molecule has 0 saturated carbocycles. The standard InChI is InChI=1S/C14H21BrFNO2/c1-4-18-13-8-11(9-17-10(2)3)7-12(15)14(13)19-6-5-16/h7-8,10,17H,4-6,9H2,1-3H3. The first-order valence-electron chi connectivity index (χ1n) is 6.45. The number of hydrogen-bond acceptors (Lipinski definition) is 3. The molecular formula is C14H21BrFNO2. The molecule has 0 bridgehead atoms. The topological polar surface area (TPSA) is 30.5 Å². The van der Waals surface area contributed by atoms with Crippen molar-refractivity contribution in [3.63, 3.8) is 0 Å². The van der Waals surface area contributed by atoms with E-state index in [0.29, 0.717) is 24.1 Å². The molecule has 1 N–H and O–H groups in total. The molecule has 3 nitrogen and oxygen atoms in total. The van der Waals surface area contributed by atoms with Crippen LogP contribution >= 0.6 is 15.9 Å². The maximum atomic E-state index is 12.2. The Bertz CT molecular complexity index is 399. The van der Waals surface area contributed by atoms with Gasteiger partial charge in [0.05, 0.1) is 11.1 Å². The van der Waals surface area contributed by atoms with E-state index in [1.165, 1.54) is 0 Å². The first-order valence-corrected chi connectivity index (χ1v) is 7.25. The summed E-state index contributed by atoms with van der Waals surface area (Å²) in [7, 11) is 0. The molecule has 0 unspecified atom stereocenters. The fourth-order valence-electron chi connectivity index (χ4n) is 1.59. The summed E-state index contributed by atoms with van der Waals surface area (Å²) in [5.74, 6) is 1.21. The zero-order chi connectivity index (χ0) is 14.3. The van der Waals surface area contributed by atoms with Crippen LogP contribution in [0.5, 0.6) is 11.5 Å². The highest BCUT2D eigenvalue weighted by atomic mass is 79.9. The largest absolute Gasteiger partial charge is 0.490 e. The van der Waals surface area contributed by atoms with E-state index >= 15 is 0 Å². The lowest BCUT2D eigenvalue weighted by atomic mass is 10.2. The van der Waals surface area contributed by atoms with Crippen LogP contribution in [0.4, 0.5) is 4.39 Å². The van der Waals surface area contributed by atoms with E-state index in [9.17, 15) is 4.39 Å². The molecule has 1 aromatic rings. The maximum absolute atomic E-state index is 12.2. The fraction of sp³-hybridized carbons (Fsp3) is 0.571. The van der Waals surface area contributed by atoms with E-state index in [2.05, 4.69) is 35.1 Å². The average molecular weight is 334 g/mol. The van der Waals surface area contributed by atoms with Gasteiger partial charge in [-0.05, 0) is 40.5 Å². The third-order valence-corrected chi connectivity index (χ3v) is 3.00. The van der Waals surface area contributed by atoms with Crippen LogP contribution in [0.3, 0.4) is 0 Å². The van der Waals surface area contributed by atoms with E-state index in [1.807, 2.05) is 19.1 Å². The summed E-state index contributed by atoms with van der Waals surface area (Å²) in [6.07, 6.45) is 0. The molecule has 1 aromatic carbocycles. The summed E-state index contributed by atoms with van der Waals surface area (Å²) in [5, 5.41) is 3.34. The Morgan fingerprint density at radius 2 is 2.05 bits per heavy atom. The Kier molecular flexibility index (Phi) is 7.16. The van der Waals surface area contributed by atoms with E-state index < -0.39 is 6.67 Å². The van der Waals surface area contributed by atoms with Gasteiger partial charge in [0, 0.05) is 12.6 Å². The molecule has 0 radical (unpaired) electrons. The number of hydrogen-bond donors (Lipinski definition) is 1. The van der Waals surface area contributed by atoms with Gasteiger partial charge in [-0.2, -0.15) is 0 Å². The van der Waals surface area contributed by atoms with Crippen LogP contribution in [0.2, 0.25) is 0 Å². The van der Waals surface area contributed by atoms with E-state index in [0.717, 1.165) is 16.6 Å². The Morgan fingerprint density at radius 3 is 2.63 bits per heavy atom. The van der Waals surface area contributed by atoms with Crippen molar-refractivity contribution in [2.24, 2.45) is 0 Å². The molecule has 0 heterocycles. The predicted molar refractivity (Wildman–Crippen MR) is 78.8 cm³/mol. The van der Waals surface area contributed by atoms with Crippen molar-refractivity contribution in [3.05, 3.63) is 22.2 Å². The molecule has 0 amide bonds. The van der Waals surface area contributed by atoms with Gasteiger partial charge < -0.3 is 14.8 Å². The second-order valence-corrected chi connectivity index (χ2v) is 5.27. The van der Waals surface area contributed by atoms with Crippen molar-refractivity contribution < 1.29 is 13.9 Å². The van der Waals surface area contributed by atoms with Gasteiger partial charge in [0.2, 0.25) is 0 Å². The van der Waals surface area contributed by atoms with Crippen molar-refractivity contribution >= 4 is 15.9 Å². The monoisotopic (exact) mass is 333 g/mol. The van der Waals surface area contributed by atoms with Crippen LogP contribution in [-0.4, -0.2) is 25.9 Å². The lowest BCUT2D eigenvalue weighted by Gasteiger charge is -2.15. The zero-order valence-electron chi connectivity index (χ0n) is 11.6. The van der Waals surface area contributed by atoms with E-state index in [-0.39, 0.29) is 6.61 Å². The van der Waals surface area contributed by atoms with Gasteiger partial charge in [-0.15, -0.1) is 0 Å². The van der Waals surface area contributed by atoms with Crippen molar-refractivity contribution in [2.75, 3.05) is 19.9 Å². The van der Waals surface area contributed by atoms with Gasteiger partial charge in [0.1, 0.15) is 13.3 Å². The Labute approximate surface area is 122 Å². The number of benzene rings is 1. The van der Waals surface area contributed by atoms with Gasteiger partial charge in [-0.3, -0.25) is 0 Å². The highest BCUT2D eigenvalue weighted by Crippen LogP contribution is 2.37. The third kappa shape index (κ3) is 5.37. The summed E-state index contributed by atoms with van der Waals surface area (Å²) in [4.78, 5) is 0. The minimum absolute atomic E-state index is 0.0300. The molecule has 19 heavy (non-hydrogen) atoms. The predicted octanol–water partition coefficient (Wildman–Crippen LogP) is 3.69. The van der Waals surface area contributed by atoms with Crippen molar-refractivity contribution in [1.82, 2.24) is 5.32 Å². The van der Waals surface area contributed by atoms with Crippen LogP contribution in [0, 0.1) is 0 Å². The van der Waals surface area contributed by atoms with Crippen LogP contribution in [0.25, 0.3) is 0 Å². The van der Waals surface area contributed by atoms with Gasteiger partial charge in [-0.1, -0.05) is 13.8 Å². The lowest BCUT2D eigenvalue weighted by Crippen LogP contribution is -2.21. The average Bonchev–Trinajstić information content (AvgIpc) is 2.36. The number of alkyl halides is 1. The van der Waals surface area contributed by atoms with Gasteiger partial charge >= 0.3 is 0 Å². The van der Waals surface area contributed by atoms with E-state index in [1.54, 1.807) is 0 Å². The number of ether oxygens (including phenoxy) is 2. The summed E-state index contributed by atoms with van der Waals surface area (Å²) in [5.41, 5.74) is 1.09. The molecule has 0 fully saturated rings. The highest BCUT2D eigenvalue weighted by Gasteiger charge is 2.12. The number of rotatable bonds is 8. The summed E-state index contributed by atoms with van der Waals surface area (Å²) < 4.78 is 24.0. The van der Waals surface area contributed by atoms with Crippen molar-refractivity contribution in [3.8, 4) is 11.5 Å². The molecule has 0 spiro atoms. The highest BCUT2D eigenvalue weighted by molar-refractivity contribution is 9.10. The molecule has 0 aliphatic heterocycles. The van der Waals surface area contributed by atoms with Crippen LogP contribution in [0.15, 0.2) is 16.6 Å². The molecule has 1 rings (SSSR count). The first-order chi connectivity index (χ1) is 9.08. The lowest BCUT2D eigenvalue weighted by molar-refractivity contribution is 0.250. The number of halogens is 2. The quantitative estimate of drug-likeness (QED) is 0.786. The molecule has 0 aromatic heterocycles. The van der Waals surface area contributed by atoms with Crippen LogP contribution in [0.1, 0.15) is 26.3 Å². The molecule has 0 aliphatic carbocycles. The first kappa shape index (κ1) is 16.2. The fourth-order valence-corrected chi connectivity index (χ4v) is 2.19. The van der Waals surface area contributed by atoms with Gasteiger partial charge in [-0.25, -0.2) is 4.39 Å². The Balaban J connectivity index is 2.92. The van der Waals surface area contributed by atoms with Gasteiger partial charge in [0.25, 0.3) is 0 Å². The van der Waals surface area contributed by atoms with Crippen LogP contribution < -0.4 is 14.8 Å². The number of nitrogens with one attached hydrogen (secondary N) is 1. The molecule has 0 atom stereocenters. The Morgan fingerprint density at radius 1 is 1.32 bits per heavy atom. The van der Waals surface area contributed by atoms with Crippen molar-refractivity contribution in [2.45, 2.75) is 33.4 Å². The molecule has 5 heteroatoms. The normalized spacial score (nSPS) is 10.8. The van der Waals surface area contributed by atoms with E-state index in [4.69, 9.17) is 9.47 Å². The summed E-state index contributed by atoms with van der Waals surface area (Å²) in [6, 6.07) is 4.31. The molecular weight excluding hydrogens is 313 g/mol. The van der Waals surface area contributed by atoms with Gasteiger partial charge in [0.15, 0.2) is 11.5 Å². The summed E-state index contributed by atoms with van der Waals surface area (Å²) >= 11 is 3.45. The SMILES string of the molecule is CCOc1cc(CNC(C)C)cc(Br)c1OCCF. The van der Waals surface area contributed by atoms with Crippen LogP contribution in [-0.2, 0) is 6.54 Å². The van der Waals surface area contributed by atoms with Crippen molar-refractivity contribution in [1.29, 1.82) is 0 Å². The Hall–Kier alpha value is -0.810. The molecule has 0 saturated heterocycles. The summed E-state index contributed by atoms with van der Waals surface area (Å²) in [6.45, 7) is 6.90.